The molecule has 0 spiro atoms. The van der Waals surface area contributed by atoms with Gasteiger partial charge >= 0.3 is 0 Å². The molecule has 0 saturated heterocycles. The van der Waals surface area contributed by atoms with Crippen molar-refractivity contribution in [3.05, 3.63) is 41.0 Å². The lowest BCUT2D eigenvalue weighted by Crippen LogP contribution is -2.30. The van der Waals surface area contributed by atoms with Crippen LogP contribution >= 0.6 is 11.3 Å². The fraction of sp³-hybridized carbons (Fsp3) is 0.316. The van der Waals surface area contributed by atoms with E-state index in [1.807, 2.05) is 30.1 Å². The molecule has 1 aromatic carbocycles. The van der Waals surface area contributed by atoms with Crippen molar-refractivity contribution in [3.63, 3.8) is 0 Å². The zero-order valence-electron chi connectivity index (χ0n) is 15.4. The second kappa shape index (κ2) is 7.03. The molecule has 0 fully saturated rings. The maximum atomic E-state index is 12.5. The van der Waals surface area contributed by atoms with E-state index in [4.69, 9.17) is 9.47 Å². The highest BCUT2D eigenvalue weighted by Crippen LogP contribution is 2.37. The Hall–Kier alpha value is -2.87. The van der Waals surface area contributed by atoms with Crippen LogP contribution in [0, 0.1) is 0 Å². The zero-order valence-corrected chi connectivity index (χ0v) is 16.2. The summed E-state index contributed by atoms with van der Waals surface area (Å²) in [5.41, 5.74) is 3.16. The van der Waals surface area contributed by atoms with E-state index in [0.717, 1.165) is 24.1 Å². The van der Waals surface area contributed by atoms with Crippen LogP contribution in [0.1, 0.15) is 17.5 Å². The molecule has 7 nitrogen and oxygen atoms in total. The minimum absolute atomic E-state index is 0.240. The Bertz CT molecular complexity index is 995. The van der Waals surface area contributed by atoms with Gasteiger partial charge in [-0.1, -0.05) is 6.07 Å². The summed E-state index contributed by atoms with van der Waals surface area (Å²) in [5, 5.41) is 7.78. The summed E-state index contributed by atoms with van der Waals surface area (Å²) in [4.78, 5) is 18.3. The molecule has 1 unspecified atom stereocenters. The molecule has 4 rings (SSSR count). The van der Waals surface area contributed by atoms with Gasteiger partial charge < -0.3 is 9.47 Å². The van der Waals surface area contributed by atoms with Crippen LogP contribution in [0.15, 0.2) is 30.5 Å². The predicted octanol–water partition coefficient (Wildman–Crippen LogP) is 3.06. The van der Waals surface area contributed by atoms with Crippen LogP contribution in [-0.4, -0.2) is 33.9 Å². The predicted molar refractivity (Wildman–Crippen MR) is 103 cm³/mol. The van der Waals surface area contributed by atoms with Crippen molar-refractivity contribution in [2.24, 2.45) is 7.05 Å². The highest BCUT2D eigenvalue weighted by molar-refractivity contribution is 7.16. The molecule has 140 valence electrons. The first-order chi connectivity index (χ1) is 13.0. The van der Waals surface area contributed by atoms with E-state index in [1.165, 1.54) is 21.9 Å². The first-order valence-electron chi connectivity index (χ1n) is 8.67. The van der Waals surface area contributed by atoms with Crippen LogP contribution in [0.3, 0.4) is 0 Å². The summed E-state index contributed by atoms with van der Waals surface area (Å²) in [6.45, 7) is 1.71. The molecule has 0 aliphatic heterocycles. The van der Waals surface area contributed by atoms with Crippen molar-refractivity contribution in [1.82, 2.24) is 14.8 Å². The number of nitrogens with zero attached hydrogens (tertiary/aromatic N) is 3. The summed E-state index contributed by atoms with van der Waals surface area (Å²) in [6, 6.07) is 7.18. The van der Waals surface area contributed by atoms with Crippen molar-refractivity contribution in [2.75, 3.05) is 12.4 Å². The number of aryl methyl sites for hydroxylation is 2. The second-order valence-corrected chi connectivity index (χ2v) is 7.43. The molecule has 1 atom stereocenters. The van der Waals surface area contributed by atoms with Gasteiger partial charge in [-0.25, -0.2) is 4.98 Å². The third-order valence-electron chi connectivity index (χ3n) is 4.56. The van der Waals surface area contributed by atoms with Crippen LogP contribution in [0.4, 0.5) is 5.13 Å². The summed E-state index contributed by atoms with van der Waals surface area (Å²) >= 11 is 1.51. The number of ether oxygens (including phenoxy) is 2. The maximum absolute atomic E-state index is 12.5. The minimum atomic E-state index is -0.660. The number of aromatic nitrogens is 3. The van der Waals surface area contributed by atoms with Gasteiger partial charge in [0.05, 0.1) is 19.0 Å². The molecule has 3 aromatic rings. The van der Waals surface area contributed by atoms with Gasteiger partial charge in [0.2, 0.25) is 0 Å². The Morgan fingerprint density at radius 2 is 2.15 bits per heavy atom. The summed E-state index contributed by atoms with van der Waals surface area (Å²) in [5.74, 6) is 1.02. The number of benzene rings is 1. The van der Waals surface area contributed by atoms with E-state index in [-0.39, 0.29) is 5.91 Å². The fourth-order valence-corrected chi connectivity index (χ4v) is 4.09. The molecule has 8 heteroatoms. The molecule has 2 heterocycles. The number of amides is 1. The number of carbonyl (C=O) groups is 1. The van der Waals surface area contributed by atoms with Gasteiger partial charge in [-0.05, 0) is 31.9 Å². The molecule has 0 bridgehead atoms. The van der Waals surface area contributed by atoms with Crippen LogP contribution < -0.4 is 14.8 Å². The normalized spacial score (nSPS) is 13.4. The Morgan fingerprint density at radius 3 is 2.96 bits per heavy atom. The Morgan fingerprint density at radius 1 is 1.33 bits per heavy atom. The highest BCUT2D eigenvalue weighted by atomic mass is 32.1. The lowest BCUT2D eigenvalue weighted by Gasteiger charge is -2.14. The average molecular weight is 384 g/mol. The molecular weight excluding hydrogens is 364 g/mol. The van der Waals surface area contributed by atoms with Crippen molar-refractivity contribution >= 4 is 22.4 Å². The highest BCUT2D eigenvalue weighted by Gasteiger charge is 2.25. The topological polar surface area (TPSA) is 78.3 Å². The number of fused-ring (bicyclic) bond motifs is 3. The van der Waals surface area contributed by atoms with E-state index in [2.05, 4.69) is 15.4 Å². The molecule has 1 aliphatic carbocycles. The molecule has 1 aliphatic rings. The number of thiazole rings is 1. The molecule has 0 saturated carbocycles. The monoisotopic (exact) mass is 384 g/mol. The number of hydrogen-bond donors (Lipinski definition) is 1. The van der Waals surface area contributed by atoms with Gasteiger partial charge in [0.1, 0.15) is 11.5 Å². The summed E-state index contributed by atoms with van der Waals surface area (Å²) in [6.07, 6.45) is 3.02. The van der Waals surface area contributed by atoms with Gasteiger partial charge in [-0.15, -0.1) is 11.3 Å². The number of carbonyl (C=O) groups excluding carboxylic acids is 1. The maximum Gasteiger partial charge on any atom is 0.266 e. The molecule has 27 heavy (non-hydrogen) atoms. The van der Waals surface area contributed by atoms with Crippen LogP contribution in [0.2, 0.25) is 0 Å². The quantitative estimate of drug-likeness (QED) is 0.731. The summed E-state index contributed by atoms with van der Waals surface area (Å²) < 4.78 is 12.8. The molecule has 2 aromatic heterocycles. The van der Waals surface area contributed by atoms with Crippen molar-refractivity contribution in [2.45, 2.75) is 25.9 Å². The molecule has 1 N–H and O–H groups in total. The Labute approximate surface area is 161 Å². The largest absolute Gasteiger partial charge is 0.497 e. The number of hydrogen-bond acceptors (Lipinski definition) is 6. The molecular formula is C19H20N4O3S. The first-order valence-corrected chi connectivity index (χ1v) is 9.49. The van der Waals surface area contributed by atoms with E-state index in [0.29, 0.717) is 16.6 Å². The lowest BCUT2D eigenvalue weighted by atomic mass is 10.0. The number of rotatable bonds is 5. The van der Waals surface area contributed by atoms with Gasteiger partial charge in [-0.3, -0.25) is 14.8 Å². The van der Waals surface area contributed by atoms with E-state index in [9.17, 15) is 4.79 Å². The third kappa shape index (κ3) is 3.40. The second-order valence-electron chi connectivity index (χ2n) is 6.35. The van der Waals surface area contributed by atoms with Gasteiger partial charge in [0.25, 0.3) is 5.91 Å². The lowest BCUT2D eigenvalue weighted by molar-refractivity contribution is -0.122. The van der Waals surface area contributed by atoms with E-state index >= 15 is 0 Å². The number of nitrogens with one attached hydrogen (secondary N) is 1. The SMILES string of the molecule is COc1cccc(OC(C)C(=O)Nc2nc3c(s2)CCc2c-3cnn2C)c1. The fourth-order valence-electron chi connectivity index (χ4n) is 3.11. The van der Waals surface area contributed by atoms with Gasteiger partial charge in [0.15, 0.2) is 11.2 Å². The van der Waals surface area contributed by atoms with Crippen molar-refractivity contribution < 1.29 is 14.3 Å². The average Bonchev–Trinajstić information content (AvgIpc) is 3.24. The molecule has 0 radical (unpaired) electrons. The van der Waals surface area contributed by atoms with Gasteiger partial charge in [-0.2, -0.15) is 5.10 Å². The zero-order chi connectivity index (χ0) is 19.0. The smallest absolute Gasteiger partial charge is 0.266 e. The number of anilines is 1. The van der Waals surface area contributed by atoms with E-state index in [1.54, 1.807) is 26.2 Å². The number of methoxy groups -OCH3 is 1. The van der Waals surface area contributed by atoms with Crippen molar-refractivity contribution in [1.29, 1.82) is 0 Å². The molecule has 1 amide bonds. The van der Waals surface area contributed by atoms with Gasteiger partial charge in [0, 0.05) is 29.2 Å². The van der Waals surface area contributed by atoms with Crippen LogP contribution in [-0.2, 0) is 24.7 Å². The Kier molecular flexibility index (Phi) is 4.57. The minimum Gasteiger partial charge on any atom is -0.497 e. The van der Waals surface area contributed by atoms with E-state index < -0.39 is 6.10 Å². The van der Waals surface area contributed by atoms with Crippen LogP contribution in [0.5, 0.6) is 11.5 Å². The summed E-state index contributed by atoms with van der Waals surface area (Å²) in [7, 11) is 3.53. The Balaban J connectivity index is 1.46. The first kappa shape index (κ1) is 17.5. The third-order valence-corrected chi connectivity index (χ3v) is 5.59. The van der Waals surface area contributed by atoms with Crippen LogP contribution in [0.25, 0.3) is 11.3 Å². The van der Waals surface area contributed by atoms with Crippen molar-refractivity contribution in [3.8, 4) is 22.8 Å². The standard InChI is InChI=1S/C19H20N4O3S/c1-11(26-13-6-4-5-12(9-13)25-3)18(24)22-19-21-17-14-10-20-23(2)15(14)7-8-16(17)27-19/h4-6,9-11H,7-8H2,1-3H3,(H,21,22,24).